The van der Waals surface area contributed by atoms with E-state index < -0.39 is 5.82 Å². The number of fused-ring (bicyclic) bond motifs is 2. The summed E-state index contributed by atoms with van der Waals surface area (Å²) in [6.45, 7) is -0.201. The largest absolute Gasteiger partial charge is 0.484 e. The van der Waals surface area contributed by atoms with Crippen molar-refractivity contribution in [2.75, 3.05) is 6.61 Å². The van der Waals surface area contributed by atoms with Crippen molar-refractivity contribution in [3.63, 3.8) is 0 Å². The highest BCUT2D eigenvalue weighted by Gasteiger charge is 2.57. The lowest BCUT2D eigenvalue weighted by molar-refractivity contribution is -0.126. The van der Waals surface area contributed by atoms with Gasteiger partial charge in [-0.05, 0) is 73.4 Å². The van der Waals surface area contributed by atoms with Gasteiger partial charge in [0.15, 0.2) is 6.61 Å². The molecule has 0 saturated heterocycles. The number of hydrogen-bond donors (Lipinski definition) is 2. The maximum Gasteiger partial charge on any atom is 0.258 e. The number of carbonyl (C=O) groups excluding carboxylic acids is 2. The van der Waals surface area contributed by atoms with Gasteiger partial charge in [0.1, 0.15) is 11.6 Å². The zero-order chi connectivity index (χ0) is 22.5. The third-order valence-electron chi connectivity index (χ3n) is 6.95. The molecule has 0 heterocycles. The number of benzene rings is 2. The Labute approximate surface area is 195 Å². The maximum absolute atomic E-state index is 13.5. The van der Waals surface area contributed by atoms with Gasteiger partial charge in [-0.3, -0.25) is 9.59 Å². The Kier molecular flexibility index (Phi) is 5.54. The smallest absolute Gasteiger partial charge is 0.258 e. The SMILES string of the molecule is O=C(COc1ccc(Cl)c(F)c1)NC12CC(C1)C(NC(=O)C1Cc3ccc(Cl)cc3C1)C2. The van der Waals surface area contributed by atoms with E-state index in [4.69, 9.17) is 27.9 Å². The number of ether oxygens (including phenoxy) is 1. The first kappa shape index (κ1) is 21.5. The van der Waals surface area contributed by atoms with E-state index in [2.05, 4.69) is 10.6 Å². The second kappa shape index (κ2) is 8.23. The Balaban J connectivity index is 1.11. The van der Waals surface area contributed by atoms with Crippen molar-refractivity contribution in [2.45, 2.75) is 43.7 Å². The molecule has 32 heavy (non-hydrogen) atoms. The summed E-state index contributed by atoms with van der Waals surface area (Å²) in [5.74, 6) is -0.212. The van der Waals surface area contributed by atoms with E-state index in [0.29, 0.717) is 17.4 Å². The molecule has 8 heteroatoms. The fraction of sp³-hybridized carbons (Fsp3) is 0.417. The Morgan fingerprint density at radius 1 is 1.06 bits per heavy atom. The molecule has 2 amide bonds. The lowest BCUT2D eigenvalue weighted by Gasteiger charge is -2.39. The molecule has 0 aliphatic heterocycles. The standard InChI is InChI=1S/C24H23Cl2FN2O3/c25-17-2-1-13-5-15(6-14(13)7-17)23(31)28-21-11-24(9-16(21)10-24)29-22(30)12-32-18-3-4-19(26)20(27)8-18/h1-4,7-8,15-16,21H,5-6,9-12H2,(H,28,31)(H,29,30). The zero-order valence-corrected chi connectivity index (χ0v) is 18.8. The number of amides is 2. The maximum atomic E-state index is 13.5. The predicted octanol–water partition coefficient (Wildman–Crippen LogP) is 4.08. The molecule has 6 rings (SSSR count). The van der Waals surface area contributed by atoms with Crippen molar-refractivity contribution in [3.8, 4) is 5.75 Å². The van der Waals surface area contributed by atoms with Crippen LogP contribution in [0.3, 0.4) is 0 Å². The van der Waals surface area contributed by atoms with Gasteiger partial charge in [0.05, 0.1) is 5.02 Å². The third-order valence-corrected chi connectivity index (χ3v) is 7.49. The number of halogens is 3. The molecule has 2 unspecified atom stereocenters. The van der Waals surface area contributed by atoms with Gasteiger partial charge in [-0.15, -0.1) is 0 Å². The van der Waals surface area contributed by atoms with Gasteiger partial charge < -0.3 is 15.4 Å². The van der Waals surface area contributed by atoms with E-state index in [1.165, 1.54) is 17.7 Å². The third kappa shape index (κ3) is 4.18. The summed E-state index contributed by atoms with van der Waals surface area (Å²) in [6.07, 6.45) is 3.86. The quantitative estimate of drug-likeness (QED) is 0.659. The van der Waals surface area contributed by atoms with Crippen molar-refractivity contribution in [1.29, 1.82) is 0 Å². The minimum absolute atomic E-state index is 0.00512. The molecule has 0 spiro atoms. The molecule has 4 aliphatic rings. The lowest BCUT2D eigenvalue weighted by Crippen LogP contribution is -2.53. The molecule has 2 atom stereocenters. The molecular weight excluding hydrogens is 454 g/mol. The van der Waals surface area contributed by atoms with Gasteiger partial charge in [-0.1, -0.05) is 29.3 Å². The molecule has 168 valence electrons. The number of hydrogen-bond acceptors (Lipinski definition) is 3. The lowest BCUT2D eigenvalue weighted by atomic mass is 9.76. The molecule has 2 bridgehead atoms. The van der Waals surface area contributed by atoms with E-state index in [9.17, 15) is 14.0 Å². The van der Waals surface area contributed by atoms with Gasteiger partial charge in [0, 0.05) is 28.6 Å². The minimum atomic E-state index is -0.590. The second-order valence-electron chi connectivity index (χ2n) is 9.20. The summed E-state index contributed by atoms with van der Waals surface area (Å²) >= 11 is 11.7. The van der Waals surface area contributed by atoms with Gasteiger partial charge in [0.25, 0.3) is 5.91 Å². The fourth-order valence-corrected chi connectivity index (χ4v) is 5.74. The fourth-order valence-electron chi connectivity index (χ4n) is 5.42. The first-order chi connectivity index (χ1) is 15.3. The summed E-state index contributed by atoms with van der Waals surface area (Å²) in [7, 11) is 0. The molecule has 5 nitrogen and oxygen atoms in total. The monoisotopic (exact) mass is 476 g/mol. The zero-order valence-electron chi connectivity index (χ0n) is 17.3. The van der Waals surface area contributed by atoms with Gasteiger partial charge in [0.2, 0.25) is 5.91 Å². The first-order valence-corrected chi connectivity index (χ1v) is 11.5. The van der Waals surface area contributed by atoms with Crippen LogP contribution in [0.2, 0.25) is 10.0 Å². The van der Waals surface area contributed by atoms with E-state index >= 15 is 0 Å². The highest BCUT2D eigenvalue weighted by Crippen LogP contribution is 2.52. The topological polar surface area (TPSA) is 67.4 Å². The second-order valence-corrected chi connectivity index (χ2v) is 10.0. The minimum Gasteiger partial charge on any atom is -0.484 e. The van der Waals surface area contributed by atoms with Crippen molar-refractivity contribution >= 4 is 35.0 Å². The summed E-state index contributed by atoms with van der Waals surface area (Å²) in [4.78, 5) is 25.3. The molecule has 0 aromatic heterocycles. The van der Waals surface area contributed by atoms with Crippen LogP contribution < -0.4 is 15.4 Å². The molecule has 3 fully saturated rings. The van der Waals surface area contributed by atoms with E-state index in [1.807, 2.05) is 18.2 Å². The van der Waals surface area contributed by atoms with Crippen molar-refractivity contribution < 1.29 is 18.7 Å². The molecule has 2 aromatic carbocycles. The van der Waals surface area contributed by atoms with Crippen LogP contribution in [-0.2, 0) is 22.4 Å². The van der Waals surface area contributed by atoms with Gasteiger partial charge in [-0.25, -0.2) is 4.39 Å². The van der Waals surface area contributed by atoms with Crippen LogP contribution in [-0.4, -0.2) is 30.0 Å². The highest BCUT2D eigenvalue weighted by molar-refractivity contribution is 6.31. The van der Waals surface area contributed by atoms with Crippen molar-refractivity contribution in [1.82, 2.24) is 10.6 Å². The normalized spacial score (nSPS) is 27.4. The van der Waals surface area contributed by atoms with Crippen LogP contribution in [0.25, 0.3) is 0 Å². The molecule has 3 saturated carbocycles. The first-order valence-electron chi connectivity index (χ1n) is 10.8. The summed E-state index contributed by atoms with van der Waals surface area (Å²) in [5.41, 5.74) is 2.05. The van der Waals surface area contributed by atoms with Crippen LogP contribution in [0.1, 0.15) is 30.4 Å². The highest BCUT2D eigenvalue weighted by atomic mass is 35.5. The molecule has 0 radical (unpaired) electrons. The molecule has 4 aliphatic carbocycles. The Hall–Kier alpha value is -2.31. The van der Waals surface area contributed by atoms with Crippen molar-refractivity contribution in [3.05, 3.63) is 63.4 Å². The van der Waals surface area contributed by atoms with Gasteiger partial charge in [-0.2, -0.15) is 0 Å². The summed E-state index contributed by atoms with van der Waals surface area (Å²) < 4.78 is 18.9. The van der Waals surface area contributed by atoms with E-state index in [1.54, 1.807) is 0 Å². The average Bonchev–Trinajstić information content (AvgIpc) is 3.39. The molecule has 2 N–H and O–H groups in total. The van der Waals surface area contributed by atoms with Crippen LogP contribution in [0.4, 0.5) is 4.39 Å². The van der Waals surface area contributed by atoms with E-state index in [-0.39, 0.29) is 46.7 Å². The van der Waals surface area contributed by atoms with E-state index in [0.717, 1.165) is 37.3 Å². The van der Waals surface area contributed by atoms with Gasteiger partial charge >= 0.3 is 0 Å². The Morgan fingerprint density at radius 2 is 1.84 bits per heavy atom. The summed E-state index contributed by atoms with van der Waals surface area (Å²) in [5, 5.41) is 6.98. The van der Waals surface area contributed by atoms with Crippen LogP contribution in [0, 0.1) is 17.7 Å². The number of nitrogens with one attached hydrogen (secondary N) is 2. The Bertz CT molecular complexity index is 1090. The van der Waals surface area contributed by atoms with Crippen molar-refractivity contribution in [2.24, 2.45) is 11.8 Å². The molecular formula is C24H23Cl2FN2O3. The predicted molar refractivity (Wildman–Crippen MR) is 119 cm³/mol. The Morgan fingerprint density at radius 3 is 2.62 bits per heavy atom. The number of carbonyl (C=O) groups is 2. The van der Waals surface area contributed by atoms with Crippen LogP contribution in [0.15, 0.2) is 36.4 Å². The summed E-state index contributed by atoms with van der Waals surface area (Å²) in [6, 6.07) is 9.95. The van der Waals surface area contributed by atoms with Crippen LogP contribution in [0.5, 0.6) is 5.75 Å². The average molecular weight is 477 g/mol. The number of rotatable bonds is 6. The van der Waals surface area contributed by atoms with Crippen LogP contribution >= 0.6 is 23.2 Å². The molecule has 2 aromatic rings.